The number of hydrogen-bond donors (Lipinski definition) is 2. The van der Waals surface area contributed by atoms with E-state index in [1.807, 2.05) is 23.6 Å². The van der Waals surface area contributed by atoms with Crippen molar-refractivity contribution in [2.75, 3.05) is 12.1 Å². The van der Waals surface area contributed by atoms with Gasteiger partial charge in [-0.05, 0) is 36.2 Å². The van der Waals surface area contributed by atoms with E-state index in [4.69, 9.17) is 9.47 Å². The van der Waals surface area contributed by atoms with Crippen LogP contribution < -0.4 is 19.5 Å². The molecule has 31 heavy (non-hydrogen) atoms. The molecule has 3 aromatic rings. The molecule has 0 aliphatic carbocycles. The van der Waals surface area contributed by atoms with Gasteiger partial charge in [0.25, 0.3) is 0 Å². The van der Waals surface area contributed by atoms with Crippen LogP contribution in [-0.4, -0.2) is 32.1 Å². The first-order chi connectivity index (χ1) is 14.8. The van der Waals surface area contributed by atoms with Crippen molar-refractivity contribution in [1.82, 2.24) is 9.71 Å². The molecule has 0 saturated heterocycles. The fourth-order valence-electron chi connectivity index (χ4n) is 3.03. The summed E-state index contributed by atoms with van der Waals surface area (Å²) in [5, 5.41) is 4.91. The molecule has 8 nitrogen and oxygen atoms in total. The van der Waals surface area contributed by atoms with E-state index in [-0.39, 0.29) is 17.6 Å². The summed E-state index contributed by atoms with van der Waals surface area (Å²) in [6.45, 7) is 3.74. The van der Waals surface area contributed by atoms with E-state index in [2.05, 4.69) is 15.0 Å². The predicted octanol–water partition coefficient (Wildman–Crippen LogP) is 3.48. The minimum atomic E-state index is -3.84. The number of nitrogens with zero attached hydrogens (tertiary/aromatic N) is 1. The molecular weight excluding hydrogens is 438 g/mol. The normalized spacial score (nSPS) is 13.9. The standard InChI is InChI=1S/C21H21N3O5S2/c1-13(2)19(24-31(26,27)15-6-4-3-5-7-15)20(25)23-21-22-16(11-30-21)14-8-9-17-18(10-14)29-12-28-17/h3-11,13,19,24H,12H2,1-2H3,(H,22,23,25)/t19-/m0/s1. The summed E-state index contributed by atoms with van der Waals surface area (Å²) < 4.78 is 38.5. The summed E-state index contributed by atoms with van der Waals surface area (Å²) in [5.74, 6) is 0.581. The Morgan fingerprint density at radius 3 is 2.58 bits per heavy atom. The van der Waals surface area contributed by atoms with Gasteiger partial charge in [0.2, 0.25) is 22.7 Å². The number of rotatable bonds is 7. The third kappa shape index (κ3) is 4.71. The van der Waals surface area contributed by atoms with E-state index in [1.165, 1.54) is 23.5 Å². The Kier molecular flexibility index (Phi) is 5.94. The maximum absolute atomic E-state index is 12.9. The Morgan fingerprint density at radius 2 is 1.84 bits per heavy atom. The second kappa shape index (κ2) is 8.66. The summed E-state index contributed by atoms with van der Waals surface area (Å²) >= 11 is 1.26. The number of hydrogen-bond acceptors (Lipinski definition) is 7. The van der Waals surface area contributed by atoms with Crippen molar-refractivity contribution in [2.24, 2.45) is 5.92 Å². The average Bonchev–Trinajstić information content (AvgIpc) is 3.41. The SMILES string of the molecule is CC(C)[C@H](NS(=O)(=O)c1ccccc1)C(=O)Nc1nc(-c2ccc3c(c2)OCO3)cs1. The monoisotopic (exact) mass is 459 g/mol. The molecule has 1 aromatic heterocycles. The molecule has 162 valence electrons. The van der Waals surface area contributed by atoms with E-state index in [0.717, 1.165) is 5.56 Å². The third-order valence-corrected chi connectivity index (χ3v) is 6.90. The number of sulfonamides is 1. The average molecular weight is 460 g/mol. The molecule has 0 radical (unpaired) electrons. The van der Waals surface area contributed by atoms with Crippen molar-refractivity contribution in [1.29, 1.82) is 0 Å². The van der Waals surface area contributed by atoms with Crippen LogP contribution in [-0.2, 0) is 14.8 Å². The van der Waals surface area contributed by atoms with Gasteiger partial charge < -0.3 is 14.8 Å². The van der Waals surface area contributed by atoms with Crippen LogP contribution in [0, 0.1) is 5.92 Å². The Bertz CT molecular complexity index is 1190. The first kappa shape index (κ1) is 21.3. The number of nitrogens with one attached hydrogen (secondary N) is 2. The summed E-state index contributed by atoms with van der Waals surface area (Å²) in [4.78, 5) is 17.4. The minimum absolute atomic E-state index is 0.104. The van der Waals surface area contributed by atoms with Crippen LogP contribution in [0.4, 0.5) is 5.13 Å². The second-order valence-electron chi connectivity index (χ2n) is 7.25. The summed E-state index contributed by atoms with van der Waals surface area (Å²) in [6, 6.07) is 12.5. The summed E-state index contributed by atoms with van der Waals surface area (Å²) in [5.41, 5.74) is 1.50. The molecule has 0 saturated carbocycles. The number of carbonyl (C=O) groups excluding carboxylic acids is 1. The van der Waals surface area contributed by atoms with Crippen LogP contribution in [0.2, 0.25) is 0 Å². The molecule has 1 amide bonds. The second-order valence-corrected chi connectivity index (χ2v) is 9.82. The number of amides is 1. The number of anilines is 1. The quantitative estimate of drug-likeness (QED) is 0.560. The fraction of sp³-hybridized carbons (Fsp3) is 0.238. The van der Waals surface area contributed by atoms with E-state index in [0.29, 0.717) is 22.3 Å². The lowest BCUT2D eigenvalue weighted by molar-refractivity contribution is -0.118. The zero-order valence-corrected chi connectivity index (χ0v) is 18.5. The highest BCUT2D eigenvalue weighted by molar-refractivity contribution is 7.89. The lowest BCUT2D eigenvalue weighted by atomic mass is 10.1. The Morgan fingerprint density at radius 1 is 1.10 bits per heavy atom. The number of aromatic nitrogens is 1. The van der Waals surface area contributed by atoms with Crippen molar-refractivity contribution < 1.29 is 22.7 Å². The van der Waals surface area contributed by atoms with E-state index in [1.54, 1.807) is 32.0 Å². The molecule has 10 heteroatoms. The van der Waals surface area contributed by atoms with Crippen molar-refractivity contribution in [3.8, 4) is 22.8 Å². The van der Waals surface area contributed by atoms with Crippen LogP contribution in [0.25, 0.3) is 11.3 Å². The number of thiazole rings is 1. The molecular formula is C21H21N3O5S2. The molecule has 0 unspecified atom stereocenters. The van der Waals surface area contributed by atoms with Gasteiger partial charge >= 0.3 is 0 Å². The maximum atomic E-state index is 12.9. The van der Waals surface area contributed by atoms with Gasteiger partial charge in [0.1, 0.15) is 6.04 Å². The summed E-state index contributed by atoms with van der Waals surface area (Å²) in [6.07, 6.45) is 0. The molecule has 2 heterocycles. The highest BCUT2D eigenvalue weighted by Gasteiger charge is 2.29. The molecule has 1 aliphatic rings. The van der Waals surface area contributed by atoms with Crippen molar-refractivity contribution in [3.63, 3.8) is 0 Å². The van der Waals surface area contributed by atoms with Gasteiger partial charge in [0.05, 0.1) is 10.6 Å². The van der Waals surface area contributed by atoms with Crippen molar-refractivity contribution in [3.05, 3.63) is 53.9 Å². The molecule has 0 spiro atoms. The molecule has 2 aromatic carbocycles. The van der Waals surface area contributed by atoms with Crippen LogP contribution in [0.3, 0.4) is 0 Å². The first-order valence-corrected chi connectivity index (χ1v) is 11.9. The third-order valence-electron chi connectivity index (χ3n) is 4.69. The maximum Gasteiger partial charge on any atom is 0.244 e. The predicted molar refractivity (Wildman–Crippen MR) is 118 cm³/mol. The van der Waals surface area contributed by atoms with Gasteiger partial charge in [-0.15, -0.1) is 11.3 Å². The molecule has 4 rings (SSSR count). The lowest BCUT2D eigenvalue weighted by Crippen LogP contribution is -2.47. The Balaban J connectivity index is 1.49. The molecule has 2 N–H and O–H groups in total. The zero-order valence-electron chi connectivity index (χ0n) is 16.9. The fourth-order valence-corrected chi connectivity index (χ4v) is 5.12. The van der Waals surface area contributed by atoms with Gasteiger partial charge in [-0.1, -0.05) is 32.0 Å². The zero-order chi connectivity index (χ0) is 22.0. The Labute approximate surface area is 184 Å². The number of ether oxygens (including phenoxy) is 2. The van der Waals surface area contributed by atoms with Crippen molar-refractivity contribution in [2.45, 2.75) is 24.8 Å². The minimum Gasteiger partial charge on any atom is -0.454 e. The number of fused-ring (bicyclic) bond motifs is 1. The topological polar surface area (TPSA) is 107 Å². The molecule has 0 fully saturated rings. The first-order valence-electron chi connectivity index (χ1n) is 9.57. The Hall–Kier alpha value is -2.95. The van der Waals surface area contributed by atoms with E-state index < -0.39 is 22.0 Å². The van der Waals surface area contributed by atoms with E-state index in [9.17, 15) is 13.2 Å². The molecule has 1 atom stereocenters. The van der Waals surface area contributed by atoms with Gasteiger partial charge in [0, 0.05) is 10.9 Å². The number of carbonyl (C=O) groups is 1. The van der Waals surface area contributed by atoms with E-state index >= 15 is 0 Å². The van der Waals surface area contributed by atoms with Gasteiger partial charge in [-0.3, -0.25) is 4.79 Å². The van der Waals surface area contributed by atoms with Crippen molar-refractivity contribution >= 4 is 32.4 Å². The summed E-state index contributed by atoms with van der Waals surface area (Å²) in [7, 11) is -3.84. The highest BCUT2D eigenvalue weighted by atomic mass is 32.2. The number of benzene rings is 2. The van der Waals surface area contributed by atoms with Gasteiger partial charge in [0.15, 0.2) is 16.6 Å². The highest BCUT2D eigenvalue weighted by Crippen LogP contribution is 2.36. The van der Waals surface area contributed by atoms with Crippen LogP contribution in [0.15, 0.2) is 58.8 Å². The van der Waals surface area contributed by atoms with Crippen LogP contribution in [0.1, 0.15) is 13.8 Å². The smallest absolute Gasteiger partial charge is 0.244 e. The van der Waals surface area contributed by atoms with Crippen LogP contribution >= 0.6 is 11.3 Å². The molecule has 1 aliphatic heterocycles. The lowest BCUT2D eigenvalue weighted by Gasteiger charge is -2.21. The van der Waals surface area contributed by atoms with Crippen LogP contribution in [0.5, 0.6) is 11.5 Å². The molecule has 0 bridgehead atoms. The largest absolute Gasteiger partial charge is 0.454 e. The van der Waals surface area contributed by atoms with Gasteiger partial charge in [-0.25, -0.2) is 13.4 Å². The van der Waals surface area contributed by atoms with Gasteiger partial charge in [-0.2, -0.15) is 4.72 Å².